The molecule has 0 radical (unpaired) electrons. The number of hydrogen-bond donors (Lipinski definition) is 1. The van der Waals surface area contributed by atoms with E-state index in [1.54, 1.807) is 11.5 Å². The van der Waals surface area contributed by atoms with E-state index in [1.807, 2.05) is 0 Å². The van der Waals surface area contributed by atoms with Gasteiger partial charge >= 0.3 is 13.9 Å². The Labute approximate surface area is 147 Å². The van der Waals surface area contributed by atoms with Crippen LogP contribution >= 0.6 is 7.82 Å². The normalized spacial score (nSPS) is 24.8. The van der Waals surface area contributed by atoms with Gasteiger partial charge in [0.1, 0.15) is 0 Å². The highest BCUT2D eigenvalue weighted by molar-refractivity contribution is 7.48. The summed E-state index contributed by atoms with van der Waals surface area (Å²) in [6, 6.07) is -0.446. The Kier molecular flexibility index (Phi) is 4.55. The van der Waals surface area contributed by atoms with Crippen molar-refractivity contribution in [3.8, 4) is 0 Å². The fourth-order valence-corrected chi connectivity index (χ4v) is 3.97. The number of nitrogens with one attached hydrogen (secondary N) is 1. The number of fused-ring (bicyclic) bond motifs is 1. The molecular weight excluding hydrogens is 373 g/mol. The highest BCUT2D eigenvalue weighted by Gasteiger charge is 2.70. The van der Waals surface area contributed by atoms with Crippen molar-refractivity contribution >= 4 is 19.0 Å². The highest BCUT2D eigenvalue weighted by Crippen LogP contribution is 2.69. The van der Waals surface area contributed by atoms with Crippen LogP contribution < -0.4 is 5.56 Å². The van der Waals surface area contributed by atoms with Crippen molar-refractivity contribution in [3.05, 3.63) is 23.0 Å². The van der Waals surface area contributed by atoms with Crippen LogP contribution in [-0.4, -0.2) is 39.8 Å². The zero-order chi connectivity index (χ0) is 19.3. The van der Waals surface area contributed by atoms with E-state index in [2.05, 4.69) is 28.5 Å². The summed E-state index contributed by atoms with van der Waals surface area (Å²) in [6.07, 6.45) is -1.01. The molecule has 2 aromatic rings. The van der Waals surface area contributed by atoms with Crippen molar-refractivity contribution in [2.45, 2.75) is 32.4 Å². The SMILES string of the molecule is COP(=O)(OC)OC(F)(F)[C@]1(C)C[C@H]1[C@@H](C)n1cnc2c(=O)[nH]cnc21. The largest absolute Gasteiger partial charge is 0.479 e. The first-order valence-corrected chi connectivity index (χ1v) is 9.25. The molecule has 1 N–H and O–H groups in total. The quantitative estimate of drug-likeness (QED) is 0.722. The number of alkyl halides is 2. The molecule has 1 saturated carbocycles. The highest BCUT2D eigenvalue weighted by atomic mass is 31.2. The minimum atomic E-state index is -4.35. The first-order chi connectivity index (χ1) is 12.1. The second-order valence-electron chi connectivity index (χ2n) is 6.44. The smallest absolute Gasteiger partial charge is 0.312 e. The molecule has 0 amide bonds. The lowest BCUT2D eigenvalue weighted by molar-refractivity contribution is -0.237. The van der Waals surface area contributed by atoms with Gasteiger partial charge in [-0.1, -0.05) is 6.92 Å². The van der Waals surface area contributed by atoms with Crippen LogP contribution in [-0.2, 0) is 18.1 Å². The molecule has 1 aliphatic rings. The van der Waals surface area contributed by atoms with Gasteiger partial charge in [-0.3, -0.25) is 13.8 Å². The maximum Gasteiger partial charge on any atom is 0.479 e. The van der Waals surface area contributed by atoms with Gasteiger partial charge in [0.25, 0.3) is 5.56 Å². The van der Waals surface area contributed by atoms with Crippen LogP contribution in [0, 0.1) is 11.3 Å². The van der Waals surface area contributed by atoms with Gasteiger partial charge in [0.05, 0.1) is 18.1 Å². The molecule has 2 aromatic heterocycles. The topological polar surface area (TPSA) is 108 Å². The average Bonchev–Trinajstić information content (AvgIpc) is 3.12. The van der Waals surface area contributed by atoms with Crippen LogP contribution in [0.4, 0.5) is 8.78 Å². The van der Waals surface area contributed by atoms with Crippen LogP contribution in [0.25, 0.3) is 11.2 Å². The fraction of sp³-hybridized carbons (Fsp3) is 0.643. The molecule has 3 rings (SSSR count). The number of phosphoric ester groups is 1. The second kappa shape index (κ2) is 6.19. The summed E-state index contributed by atoms with van der Waals surface area (Å²) in [5.41, 5.74) is -1.56. The molecule has 9 nitrogen and oxygen atoms in total. The molecule has 0 saturated heterocycles. The van der Waals surface area contributed by atoms with E-state index in [0.717, 1.165) is 14.2 Å². The number of rotatable bonds is 7. The van der Waals surface area contributed by atoms with Crippen LogP contribution in [0.3, 0.4) is 0 Å². The second-order valence-corrected chi connectivity index (χ2v) is 8.25. The van der Waals surface area contributed by atoms with Gasteiger partial charge in [-0.05, 0) is 19.3 Å². The Hall–Kier alpha value is -1.68. The number of nitrogens with zero attached hydrogens (tertiary/aromatic N) is 3. The number of hydrogen-bond acceptors (Lipinski definition) is 7. The maximum absolute atomic E-state index is 14.6. The van der Waals surface area contributed by atoms with Crippen LogP contribution in [0.15, 0.2) is 17.4 Å². The summed E-state index contributed by atoms with van der Waals surface area (Å²) in [6.45, 7) is 3.06. The molecule has 0 unspecified atom stereocenters. The van der Waals surface area contributed by atoms with E-state index < -0.39 is 36.9 Å². The minimum absolute atomic E-state index is 0.109. The molecule has 1 aliphatic carbocycles. The van der Waals surface area contributed by atoms with Gasteiger partial charge < -0.3 is 9.55 Å². The predicted molar refractivity (Wildman–Crippen MR) is 86.7 cm³/mol. The summed E-state index contributed by atoms with van der Waals surface area (Å²) >= 11 is 0. The summed E-state index contributed by atoms with van der Waals surface area (Å²) in [7, 11) is -2.41. The standard InChI is InChI=1S/C14H19F2N4O5P/c1-8(20-7-19-10-11(20)17-6-18-12(10)21)9-5-13(9,2)14(15,16)25-26(22,23-3)24-4/h6-9H,5H2,1-4H3,(H,17,18,21)/t8-,9+,13-/m1/s1. The van der Waals surface area contributed by atoms with E-state index in [-0.39, 0.29) is 11.9 Å². The summed E-state index contributed by atoms with van der Waals surface area (Å²) in [5, 5.41) is 0. The maximum atomic E-state index is 14.6. The lowest BCUT2D eigenvalue weighted by atomic mass is 10.0. The summed E-state index contributed by atoms with van der Waals surface area (Å²) in [5.74, 6) is -0.529. The predicted octanol–water partition coefficient (Wildman–Crippen LogP) is 2.72. The Morgan fingerprint density at radius 1 is 1.42 bits per heavy atom. The molecule has 0 spiro atoms. The Bertz CT molecular complexity index is 923. The summed E-state index contributed by atoms with van der Waals surface area (Å²) < 4.78 is 56.1. The van der Waals surface area contributed by atoms with Crippen LogP contribution in [0.1, 0.15) is 26.3 Å². The Balaban J connectivity index is 1.86. The lowest BCUT2D eigenvalue weighted by Crippen LogP contribution is -2.33. The van der Waals surface area contributed by atoms with Crippen molar-refractivity contribution in [3.63, 3.8) is 0 Å². The van der Waals surface area contributed by atoms with Crippen LogP contribution in [0.5, 0.6) is 0 Å². The van der Waals surface area contributed by atoms with E-state index >= 15 is 0 Å². The number of imidazole rings is 1. The zero-order valence-electron chi connectivity index (χ0n) is 14.6. The molecule has 0 aliphatic heterocycles. The summed E-state index contributed by atoms with van der Waals surface area (Å²) in [4.78, 5) is 22.2. The lowest BCUT2D eigenvalue weighted by Gasteiger charge is -2.28. The molecule has 0 aromatic carbocycles. The Morgan fingerprint density at radius 2 is 2.08 bits per heavy atom. The number of aromatic amines is 1. The molecule has 0 bridgehead atoms. The Morgan fingerprint density at radius 3 is 2.69 bits per heavy atom. The van der Waals surface area contributed by atoms with Gasteiger partial charge in [-0.15, -0.1) is 0 Å². The monoisotopic (exact) mass is 392 g/mol. The van der Waals surface area contributed by atoms with Crippen LogP contribution in [0.2, 0.25) is 0 Å². The molecule has 144 valence electrons. The average molecular weight is 392 g/mol. The third kappa shape index (κ3) is 2.88. The van der Waals surface area contributed by atoms with Gasteiger partial charge in [0, 0.05) is 20.3 Å². The van der Waals surface area contributed by atoms with E-state index in [0.29, 0.717) is 5.65 Å². The van der Waals surface area contributed by atoms with Crippen molar-refractivity contribution in [2.24, 2.45) is 11.3 Å². The van der Waals surface area contributed by atoms with E-state index in [4.69, 9.17) is 0 Å². The number of aromatic nitrogens is 4. The first kappa shape index (κ1) is 19.1. The number of phosphoric acid groups is 1. The van der Waals surface area contributed by atoms with Crippen molar-refractivity contribution in [2.75, 3.05) is 14.2 Å². The number of halogens is 2. The third-order valence-corrected chi connectivity index (χ3v) is 6.37. The van der Waals surface area contributed by atoms with Gasteiger partial charge in [-0.2, -0.15) is 8.78 Å². The van der Waals surface area contributed by atoms with E-state index in [1.165, 1.54) is 19.6 Å². The number of H-pyrrole nitrogens is 1. The zero-order valence-corrected chi connectivity index (χ0v) is 15.5. The molecule has 3 atom stereocenters. The molecule has 1 fully saturated rings. The van der Waals surface area contributed by atoms with Gasteiger partial charge in [-0.25, -0.2) is 19.1 Å². The fourth-order valence-electron chi connectivity index (χ4n) is 3.18. The van der Waals surface area contributed by atoms with Gasteiger partial charge in [0.2, 0.25) is 0 Å². The van der Waals surface area contributed by atoms with Crippen molar-refractivity contribution < 1.29 is 26.9 Å². The van der Waals surface area contributed by atoms with Gasteiger partial charge in [0.15, 0.2) is 11.2 Å². The molecule has 2 heterocycles. The first-order valence-electron chi connectivity index (χ1n) is 7.79. The molecule has 26 heavy (non-hydrogen) atoms. The minimum Gasteiger partial charge on any atom is -0.312 e. The molecule has 12 heteroatoms. The van der Waals surface area contributed by atoms with Crippen molar-refractivity contribution in [1.82, 2.24) is 19.5 Å². The van der Waals surface area contributed by atoms with Crippen molar-refractivity contribution in [1.29, 1.82) is 0 Å². The van der Waals surface area contributed by atoms with E-state index in [9.17, 15) is 18.1 Å². The third-order valence-electron chi connectivity index (χ3n) is 5.03. The molecular formula is C14H19F2N4O5P.